The SMILES string of the molecule is CC(C)c1noc(CCC(=O)Nc2cccc(Cl)c2)n1. The van der Waals surface area contributed by atoms with Crippen LogP contribution >= 0.6 is 11.6 Å². The number of carbonyl (C=O) groups is 1. The second kappa shape index (κ2) is 6.52. The molecular weight excluding hydrogens is 278 g/mol. The summed E-state index contributed by atoms with van der Waals surface area (Å²) < 4.78 is 5.08. The van der Waals surface area contributed by atoms with E-state index in [-0.39, 0.29) is 18.2 Å². The molecule has 1 amide bonds. The number of benzene rings is 1. The van der Waals surface area contributed by atoms with Gasteiger partial charge in [0.15, 0.2) is 5.82 Å². The molecule has 0 bridgehead atoms. The van der Waals surface area contributed by atoms with E-state index in [1.807, 2.05) is 13.8 Å². The number of aryl methyl sites for hydroxylation is 1. The molecular formula is C14H16ClN3O2. The van der Waals surface area contributed by atoms with Crippen LogP contribution in [0.5, 0.6) is 0 Å². The lowest BCUT2D eigenvalue weighted by Crippen LogP contribution is -2.12. The van der Waals surface area contributed by atoms with Gasteiger partial charge >= 0.3 is 0 Å². The largest absolute Gasteiger partial charge is 0.339 e. The van der Waals surface area contributed by atoms with E-state index in [4.69, 9.17) is 16.1 Å². The van der Waals surface area contributed by atoms with Crippen LogP contribution in [-0.2, 0) is 11.2 Å². The van der Waals surface area contributed by atoms with E-state index in [0.29, 0.717) is 28.8 Å². The third-order valence-electron chi connectivity index (χ3n) is 2.67. The first-order valence-corrected chi connectivity index (χ1v) is 6.80. The van der Waals surface area contributed by atoms with E-state index < -0.39 is 0 Å². The Morgan fingerprint density at radius 3 is 2.90 bits per heavy atom. The lowest BCUT2D eigenvalue weighted by Gasteiger charge is -2.04. The first kappa shape index (κ1) is 14.5. The minimum absolute atomic E-state index is 0.114. The molecule has 20 heavy (non-hydrogen) atoms. The van der Waals surface area contributed by atoms with Crippen LogP contribution in [0.4, 0.5) is 5.69 Å². The van der Waals surface area contributed by atoms with Crippen molar-refractivity contribution in [3.63, 3.8) is 0 Å². The van der Waals surface area contributed by atoms with Gasteiger partial charge in [0.05, 0.1) is 0 Å². The van der Waals surface area contributed by atoms with Crippen LogP contribution in [0.2, 0.25) is 5.02 Å². The highest BCUT2D eigenvalue weighted by Crippen LogP contribution is 2.15. The normalized spacial score (nSPS) is 10.8. The third-order valence-corrected chi connectivity index (χ3v) is 2.91. The zero-order valence-electron chi connectivity index (χ0n) is 11.4. The fourth-order valence-electron chi connectivity index (χ4n) is 1.61. The number of hydrogen-bond acceptors (Lipinski definition) is 4. The molecule has 1 heterocycles. The van der Waals surface area contributed by atoms with Gasteiger partial charge < -0.3 is 9.84 Å². The predicted octanol–water partition coefficient (Wildman–Crippen LogP) is 3.42. The van der Waals surface area contributed by atoms with Gasteiger partial charge in [-0.1, -0.05) is 36.7 Å². The molecule has 2 rings (SSSR count). The fourth-order valence-corrected chi connectivity index (χ4v) is 1.80. The minimum atomic E-state index is -0.114. The van der Waals surface area contributed by atoms with Crippen molar-refractivity contribution in [2.24, 2.45) is 0 Å². The first-order chi connectivity index (χ1) is 9.54. The van der Waals surface area contributed by atoms with Crippen LogP contribution in [0.25, 0.3) is 0 Å². The predicted molar refractivity (Wildman–Crippen MR) is 76.8 cm³/mol. The lowest BCUT2D eigenvalue weighted by atomic mass is 10.2. The van der Waals surface area contributed by atoms with Crippen LogP contribution in [0, 0.1) is 0 Å². The minimum Gasteiger partial charge on any atom is -0.339 e. The molecule has 0 aliphatic heterocycles. The Morgan fingerprint density at radius 2 is 2.25 bits per heavy atom. The maximum absolute atomic E-state index is 11.8. The molecule has 0 fully saturated rings. The smallest absolute Gasteiger partial charge is 0.227 e. The zero-order valence-corrected chi connectivity index (χ0v) is 12.1. The summed E-state index contributed by atoms with van der Waals surface area (Å²) in [6.45, 7) is 3.97. The summed E-state index contributed by atoms with van der Waals surface area (Å²) >= 11 is 5.85. The molecule has 0 unspecified atom stereocenters. The summed E-state index contributed by atoms with van der Waals surface area (Å²) in [5.74, 6) is 1.24. The van der Waals surface area contributed by atoms with E-state index in [1.54, 1.807) is 24.3 Å². The molecule has 0 saturated carbocycles. The molecule has 0 radical (unpaired) electrons. The quantitative estimate of drug-likeness (QED) is 0.917. The van der Waals surface area contributed by atoms with Crippen molar-refractivity contribution in [3.05, 3.63) is 41.0 Å². The highest BCUT2D eigenvalue weighted by atomic mass is 35.5. The summed E-state index contributed by atoms with van der Waals surface area (Å²) in [5, 5.41) is 7.21. The monoisotopic (exact) mass is 293 g/mol. The molecule has 1 N–H and O–H groups in total. The summed E-state index contributed by atoms with van der Waals surface area (Å²) in [6, 6.07) is 7.02. The molecule has 1 aromatic heterocycles. The Labute approximate surface area is 122 Å². The van der Waals surface area contributed by atoms with Crippen molar-refractivity contribution in [1.29, 1.82) is 0 Å². The molecule has 0 spiro atoms. The van der Waals surface area contributed by atoms with Crippen molar-refractivity contribution in [2.45, 2.75) is 32.6 Å². The van der Waals surface area contributed by atoms with Gasteiger partial charge in [0.1, 0.15) is 0 Å². The van der Waals surface area contributed by atoms with Crippen LogP contribution in [0.3, 0.4) is 0 Å². The Bertz CT molecular complexity index is 596. The molecule has 5 nitrogen and oxygen atoms in total. The van der Waals surface area contributed by atoms with Gasteiger partial charge in [-0.15, -0.1) is 0 Å². The van der Waals surface area contributed by atoms with Gasteiger partial charge in [0.2, 0.25) is 11.8 Å². The Kier molecular flexibility index (Phi) is 4.74. The van der Waals surface area contributed by atoms with E-state index in [1.165, 1.54) is 0 Å². The van der Waals surface area contributed by atoms with Gasteiger partial charge in [0, 0.05) is 29.5 Å². The Hall–Kier alpha value is -1.88. The van der Waals surface area contributed by atoms with Crippen LogP contribution < -0.4 is 5.32 Å². The molecule has 0 atom stereocenters. The second-order valence-corrected chi connectivity index (χ2v) is 5.20. The number of carbonyl (C=O) groups excluding carboxylic acids is 1. The maximum atomic E-state index is 11.8. The molecule has 6 heteroatoms. The number of nitrogens with one attached hydrogen (secondary N) is 1. The average molecular weight is 294 g/mol. The number of amides is 1. The zero-order chi connectivity index (χ0) is 14.5. The van der Waals surface area contributed by atoms with Crippen LogP contribution in [-0.4, -0.2) is 16.0 Å². The van der Waals surface area contributed by atoms with Crippen molar-refractivity contribution in [2.75, 3.05) is 5.32 Å². The second-order valence-electron chi connectivity index (χ2n) is 4.76. The van der Waals surface area contributed by atoms with Crippen LogP contribution in [0.15, 0.2) is 28.8 Å². The van der Waals surface area contributed by atoms with Crippen LogP contribution in [0.1, 0.15) is 37.9 Å². The van der Waals surface area contributed by atoms with Gasteiger partial charge in [-0.25, -0.2) is 0 Å². The molecule has 106 valence electrons. The van der Waals surface area contributed by atoms with Crippen molar-refractivity contribution >= 4 is 23.2 Å². The van der Waals surface area contributed by atoms with E-state index >= 15 is 0 Å². The topological polar surface area (TPSA) is 68.0 Å². The number of rotatable bonds is 5. The van der Waals surface area contributed by atoms with Gasteiger partial charge in [-0.05, 0) is 18.2 Å². The summed E-state index contributed by atoms with van der Waals surface area (Å²) in [7, 11) is 0. The Morgan fingerprint density at radius 1 is 1.45 bits per heavy atom. The third kappa shape index (κ3) is 4.06. The summed E-state index contributed by atoms with van der Waals surface area (Å²) in [5.41, 5.74) is 0.677. The molecule has 0 aliphatic carbocycles. The number of aromatic nitrogens is 2. The molecule has 1 aromatic carbocycles. The standard InChI is InChI=1S/C14H16ClN3O2/c1-9(2)14-17-13(20-18-14)7-6-12(19)16-11-5-3-4-10(15)8-11/h3-5,8-9H,6-7H2,1-2H3,(H,16,19). The lowest BCUT2D eigenvalue weighted by molar-refractivity contribution is -0.116. The van der Waals surface area contributed by atoms with Gasteiger partial charge in [0.25, 0.3) is 0 Å². The highest BCUT2D eigenvalue weighted by Gasteiger charge is 2.11. The number of hydrogen-bond donors (Lipinski definition) is 1. The van der Waals surface area contributed by atoms with Gasteiger partial charge in [-0.3, -0.25) is 4.79 Å². The molecule has 0 aliphatic rings. The summed E-state index contributed by atoms with van der Waals surface area (Å²) in [4.78, 5) is 16.0. The van der Waals surface area contributed by atoms with E-state index in [0.717, 1.165) is 0 Å². The number of anilines is 1. The fraction of sp³-hybridized carbons (Fsp3) is 0.357. The number of nitrogens with zero attached hydrogens (tertiary/aromatic N) is 2. The summed E-state index contributed by atoms with van der Waals surface area (Å²) in [6.07, 6.45) is 0.707. The van der Waals surface area contributed by atoms with Gasteiger partial charge in [-0.2, -0.15) is 4.98 Å². The highest BCUT2D eigenvalue weighted by molar-refractivity contribution is 6.30. The maximum Gasteiger partial charge on any atom is 0.227 e. The first-order valence-electron chi connectivity index (χ1n) is 6.42. The molecule has 2 aromatic rings. The average Bonchev–Trinajstić information content (AvgIpc) is 2.85. The van der Waals surface area contributed by atoms with Crippen molar-refractivity contribution in [1.82, 2.24) is 10.1 Å². The number of halogens is 1. The Balaban J connectivity index is 1.85. The van der Waals surface area contributed by atoms with Crippen molar-refractivity contribution < 1.29 is 9.32 Å². The van der Waals surface area contributed by atoms with Crippen molar-refractivity contribution in [3.8, 4) is 0 Å². The van der Waals surface area contributed by atoms with E-state index in [9.17, 15) is 4.79 Å². The van der Waals surface area contributed by atoms with E-state index in [2.05, 4.69) is 15.5 Å². The molecule has 0 saturated heterocycles.